The molecule has 1 unspecified atom stereocenters. The highest BCUT2D eigenvalue weighted by Gasteiger charge is 2.21. The van der Waals surface area contributed by atoms with Gasteiger partial charge in [-0.25, -0.2) is 0 Å². The smallest absolute Gasteiger partial charge is 0.324 e. The first kappa shape index (κ1) is 13.5. The molecule has 17 heavy (non-hydrogen) atoms. The van der Waals surface area contributed by atoms with Crippen LogP contribution in [0.1, 0.15) is 18.9 Å². The molecule has 0 aliphatic heterocycles. The Hall–Kier alpha value is -1.61. The zero-order chi connectivity index (χ0) is 12.7. The zero-order valence-electron chi connectivity index (χ0n) is 10.2. The van der Waals surface area contributed by atoms with Crippen molar-refractivity contribution in [1.82, 2.24) is 4.90 Å². The van der Waals surface area contributed by atoms with E-state index in [4.69, 9.17) is 5.11 Å². The Morgan fingerprint density at radius 1 is 1.47 bits per heavy atom. The van der Waals surface area contributed by atoms with Crippen molar-refractivity contribution < 1.29 is 9.90 Å². The van der Waals surface area contributed by atoms with E-state index in [2.05, 4.69) is 6.58 Å². The summed E-state index contributed by atoms with van der Waals surface area (Å²) in [5.74, 6) is -0.843. The highest BCUT2D eigenvalue weighted by atomic mass is 16.4. The summed E-state index contributed by atoms with van der Waals surface area (Å²) in [5, 5.41) is 9.14. The van der Waals surface area contributed by atoms with Crippen molar-refractivity contribution in [1.29, 1.82) is 0 Å². The van der Waals surface area contributed by atoms with Crippen LogP contribution in [0.5, 0.6) is 0 Å². The van der Waals surface area contributed by atoms with E-state index in [1.807, 2.05) is 42.2 Å². The molecule has 1 aromatic rings. The van der Waals surface area contributed by atoms with E-state index < -0.39 is 12.0 Å². The number of benzene rings is 1. The van der Waals surface area contributed by atoms with Crippen LogP contribution in [-0.4, -0.2) is 28.6 Å². The minimum absolute atomic E-state index is 0.616. The quantitative estimate of drug-likeness (QED) is 0.736. The van der Waals surface area contributed by atoms with Gasteiger partial charge in [0.05, 0.1) is 0 Å². The first-order valence-electron chi connectivity index (χ1n) is 5.82. The molecular formula is C14H19NO2. The Labute approximate surface area is 102 Å². The summed E-state index contributed by atoms with van der Waals surface area (Å²) in [5.41, 5.74) is 1.12. The normalized spacial score (nSPS) is 12.4. The molecule has 92 valence electrons. The molecule has 0 aliphatic rings. The Bertz CT molecular complexity index is 362. The lowest BCUT2D eigenvalue weighted by Gasteiger charge is -2.26. The van der Waals surface area contributed by atoms with Crippen LogP contribution in [0.15, 0.2) is 43.0 Å². The van der Waals surface area contributed by atoms with E-state index in [1.54, 1.807) is 0 Å². The average molecular weight is 233 g/mol. The number of carboxylic acids is 1. The number of carboxylic acid groups (broad SMARTS) is 1. The third kappa shape index (κ3) is 4.04. The molecule has 1 N–H and O–H groups in total. The number of aliphatic carboxylic acids is 1. The lowest BCUT2D eigenvalue weighted by molar-refractivity contribution is -0.141. The summed E-state index contributed by atoms with van der Waals surface area (Å²) >= 11 is 0. The van der Waals surface area contributed by atoms with E-state index in [9.17, 15) is 4.79 Å². The second kappa shape index (κ2) is 6.86. The first-order chi connectivity index (χ1) is 8.19. The Morgan fingerprint density at radius 2 is 2.12 bits per heavy atom. The summed E-state index contributed by atoms with van der Waals surface area (Å²) in [6, 6.07) is 9.27. The molecular weight excluding hydrogens is 214 g/mol. The topological polar surface area (TPSA) is 40.5 Å². The first-order valence-corrected chi connectivity index (χ1v) is 5.82. The van der Waals surface area contributed by atoms with Crippen molar-refractivity contribution in [2.45, 2.75) is 25.9 Å². The molecule has 0 saturated carbocycles. The number of hydrogen-bond acceptors (Lipinski definition) is 2. The van der Waals surface area contributed by atoms with Gasteiger partial charge < -0.3 is 5.11 Å². The van der Waals surface area contributed by atoms with Gasteiger partial charge in [-0.15, -0.1) is 6.58 Å². The predicted octanol–water partition coefficient (Wildman–Crippen LogP) is 2.54. The van der Waals surface area contributed by atoms with Crippen LogP contribution < -0.4 is 0 Å². The van der Waals surface area contributed by atoms with Crippen molar-refractivity contribution in [3.8, 4) is 0 Å². The number of nitrogens with zero attached hydrogens (tertiary/aromatic N) is 1. The standard InChI is InChI=1S/C14H19NO2/c1-3-10-15(13(4-2)14(16)17)11-12-8-6-5-7-9-12/h4-9,13H,2-3,10-11H2,1H3,(H,16,17). The van der Waals surface area contributed by atoms with Gasteiger partial charge in [0.15, 0.2) is 0 Å². The number of hydrogen-bond donors (Lipinski definition) is 1. The molecule has 0 amide bonds. The van der Waals surface area contributed by atoms with Crippen LogP contribution in [0.2, 0.25) is 0 Å². The summed E-state index contributed by atoms with van der Waals surface area (Å²) in [7, 11) is 0. The van der Waals surface area contributed by atoms with Gasteiger partial charge >= 0.3 is 5.97 Å². The average Bonchev–Trinajstić information content (AvgIpc) is 2.31. The van der Waals surface area contributed by atoms with Gasteiger partial charge in [0.25, 0.3) is 0 Å². The Morgan fingerprint density at radius 3 is 2.59 bits per heavy atom. The fourth-order valence-corrected chi connectivity index (χ4v) is 1.83. The predicted molar refractivity (Wildman–Crippen MR) is 68.8 cm³/mol. The zero-order valence-corrected chi connectivity index (χ0v) is 10.2. The molecule has 3 nitrogen and oxygen atoms in total. The van der Waals surface area contributed by atoms with E-state index in [0.717, 1.165) is 18.5 Å². The number of carbonyl (C=O) groups is 1. The van der Waals surface area contributed by atoms with Gasteiger partial charge in [0, 0.05) is 6.54 Å². The summed E-state index contributed by atoms with van der Waals surface area (Å²) in [4.78, 5) is 13.0. The minimum Gasteiger partial charge on any atom is -0.480 e. The second-order valence-corrected chi connectivity index (χ2v) is 3.97. The lowest BCUT2D eigenvalue weighted by atomic mass is 10.1. The van der Waals surface area contributed by atoms with Crippen molar-refractivity contribution in [3.63, 3.8) is 0 Å². The van der Waals surface area contributed by atoms with Gasteiger partial charge in [-0.2, -0.15) is 0 Å². The maximum atomic E-state index is 11.1. The number of rotatable bonds is 7. The Balaban J connectivity index is 2.78. The minimum atomic E-state index is -0.843. The molecule has 3 heteroatoms. The van der Waals surface area contributed by atoms with E-state index in [0.29, 0.717) is 6.54 Å². The molecule has 0 bridgehead atoms. The second-order valence-electron chi connectivity index (χ2n) is 3.97. The largest absolute Gasteiger partial charge is 0.480 e. The van der Waals surface area contributed by atoms with Crippen LogP contribution in [0.4, 0.5) is 0 Å². The van der Waals surface area contributed by atoms with Crippen molar-refractivity contribution in [2.75, 3.05) is 6.54 Å². The molecule has 0 aromatic heterocycles. The van der Waals surface area contributed by atoms with Gasteiger partial charge in [0.1, 0.15) is 6.04 Å². The van der Waals surface area contributed by atoms with Crippen LogP contribution in [0.25, 0.3) is 0 Å². The molecule has 0 fully saturated rings. The van der Waals surface area contributed by atoms with E-state index in [-0.39, 0.29) is 0 Å². The molecule has 0 radical (unpaired) electrons. The Kier molecular flexibility index (Phi) is 5.43. The summed E-state index contributed by atoms with van der Waals surface area (Å²) in [6.07, 6.45) is 2.41. The third-order valence-electron chi connectivity index (χ3n) is 2.61. The summed E-state index contributed by atoms with van der Waals surface area (Å²) < 4.78 is 0. The maximum absolute atomic E-state index is 11.1. The van der Waals surface area contributed by atoms with E-state index in [1.165, 1.54) is 6.08 Å². The molecule has 1 aromatic carbocycles. The molecule has 1 atom stereocenters. The SMILES string of the molecule is C=CC(C(=O)O)N(CCC)Cc1ccccc1. The molecule has 0 heterocycles. The third-order valence-corrected chi connectivity index (χ3v) is 2.61. The van der Waals surface area contributed by atoms with Crippen LogP contribution in [0.3, 0.4) is 0 Å². The molecule has 1 rings (SSSR count). The molecule has 0 saturated heterocycles. The molecule has 0 spiro atoms. The van der Waals surface area contributed by atoms with Gasteiger partial charge in [0.2, 0.25) is 0 Å². The van der Waals surface area contributed by atoms with Gasteiger partial charge in [-0.05, 0) is 18.5 Å². The van der Waals surface area contributed by atoms with Crippen molar-refractivity contribution >= 4 is 5.97 Å². The van der Waals surface area contributed by atoms with Gasteiger partial charge in [-0.1, -0.05) is 43.3 Å². The highest BCUT2D eigenvalue weighted by molar-refractivity contribution is 5.75. The summed E-state index contributed by atoms with van der Waals surface area (Å²) in [6.45, 7) is 7.03. The molecule has 0 aliphatic carbocycles. The van der Waals surface area contributed by atoms with Crippen LogP contribution in [0, 0.1) is 0 Å². The highest BCUT2D eigenvalue weighted by Crippen LogP contribution is 2.10. The fourth-order valence-electron chi connectivity index (χ4n) is 1.83. The van der Waals surface area contributed by atoms with Crippen LogP contribution >= 0.6 is 0 Å². The van der Waals surface area contributed by atoms with Crippen molar-refractivity contribution in [3.05, 3.63) is 48.6 Å². The van der Waals surface area contributed by atoms with E-state index >= 15 is 0 Å². The monoisotopic (exact) mass is 233 g/mol. The van der Waals surface area contributed by atoms with Crippen molar-refractivity contribution in [2.24, 2.45) is 0 Å². The van der Waals surface area contributed by atoms with Crippen LogP contribution in [-0.2, 0) is 11.3 Å². The maximum Gasteiger partial charge on any atom is 0.324 e. The fraction of sp³-hybridized carbons (Fsp3) is 0.357. The lowest BCUT2D eigenvalue weighted by Crippen LogP contribution is -2.39. The van der Waals surface area contributed by atoms with Gasteiger partial charge in [-0.3, -0.25) is 9.69 Å².